The Balaban J connectivity index is 2.00. The molecular weight excluding hydrogens is 288 g/mol. The predicted molar refractivity (Wildman–Crippen MR) is 78.1 cm³/mol. The van der Waals surface area contributed by atoms with Crippen molar-refractivity contribution in [2.45, 2.75) is 12.5 Å². The molecule has 1 aliphatic heterocycles. The van der Waals surface area contributed by atoms with E-state index in [0.29, 0.717) is 5.71 Å². The number of halogens is 2. The number of hydrazone groups is 1. The molecule has 0 saturated carbocycles. The minimum absolute atomic E-state index is 0.0460. The summed E-state index contributed by atoms with van der Waals surface area (Å²) in [7, 11) is 0. The molecule has 3 rings (SSSR count). The molecule has 0 fully saturated rings. The van der Waals surface area contributed by atoms with Crippen molar-refractivity contribution in [3.05, 3.63) is 71.3 Å². The van der Waals surface area contributed by atoms with Crippen molar-refractivity contribution < 1.29 is 13.6 Å². The summed E-state index contributed by atoms with van der Waals surface area (Å²) in [5.74, 6) is -1.15. The number of nitrogens with zero attached hydrogens (tertiary/aromatic N) is 2. The van der Waals surface area contributed by atoms with Gasteiger partial charge in [0.05, 0.1) is 11.8 Å². The van der Waals surface area contributed by atoms with E-state index in [-0.39, 0.29) is 12.0 Å². The van der Waals surface area contributed by atoms with Crippen molar-refractivity contribution in [3.8, 4) is 0 Å². The zero-order valence-corrected chi connectivity index (χ0v) is 11.5. The summed E-state index contributed by atoms with van der Waals surface area (Å²) in [4.78, 5) is 11.6. The summed E-state index contributed by atoms with van der Waals surface area (Å²) in [5.41, 5.74) is 6.52. The van der Waals surface area contributed by atoms with E-state index in [9.17, 15) is 13.6 Å². The van der Waals surface area contributed by atoms with Crippen molar-refractivity contribution in [2.24, 2.45) is 10.8 Å². The van der Waals surface area contributed by atoms with E-state index in [1.54, 1.807) is 0 Å². The first-order valence-electron chi connectivity index (χ1n) is 6.73. The fourth-order valence-corrected chi connectivity index (χ4v) is 2.53. The summed E-state index contributed by atoms with van der Waals surface area (Å²) >= 11 is 0. The molecule has 0 bridgehead atoms. The monoisotopic (exact) mass is 301 g/mol. The Morgan fingerprint density at radius 2 is 1.91 bits per heavy atom. The Labute approximate surface area is 125 Å². The van der Waals surface area contributed by atoms with E-state index in [4.69, 9.17) is 5.73 Å². The van der Waals surface area contributed by atoms with E-state index in [0.717, 1.165) is 28.8 Å². The standard InChI is InChI=1S/C16H13F2N3O/c17-11-6-7-13(18)12(8-11)14-9-15(21(20-14)16(19)22)10-4-2-1-3-5-10/h1-8,15H,9H2,(H2,19,22). The van der Waals surface area contributed by atoms with Gasteiger partial charge in [-0.15, -0.1) is 0 Å². The quantitative estimate of drug-likeness (QED) is 0.910. The second-order valence-electron chi connectivity index (χ2n) is 4.98. The third kappa shape index (κ3) is 2.55. The van der Waals surface area contributed by atoms with Gasteiger partial charge in [0.25, 0.3) is 0 Å². The molecule has 1 heterocycles. The van der Waals surface area contributed by atoms with Crippen LogP contribution in [0.1, 0.15) is 23.6 Å². The molecule has 2 amide bonds. The number of primary amides is 1. The van der Waals surface area contributed by atoms with E-state index in [2.05, 4.69) is 5.10 Å². The van der Waals surface area contributed by atoms with Crippen LogP contribution in [0.4, 0.5) is 13.6 Å². The van der Waals surface area contributed by atoms with Gasteiger partial charge in [0.2, 0.25) is 0 Å². The predicted octanol–water partition coefficient (Wildman–Crippen LogP) is 3.19. The van der Waals surface area contributed by atoms with Crippen LogP contribution < -0.4 is 5.73 Å². The van der Waals surface area contributed by atoms with Crippen molar-refractivity contribution in [3.63, 3.8) is 0 Å². The fourth-order valence-electron chi connectivity index (χ4n) is 2.53. The van der Waals surface area contributed by atoms with E-state index >= 15 is 0 Å². The van der Waals surface area contributed by atoms with Gasteiger partial charge in [-0.3, -0.25) is 0 Å². The lowest BCUT2D eigenvalue weighted by molar-refractivity contribution is 0.196. The van der Waals surface area contributed by atoms with Crippen LogP contribution in [0.15, 0.2) is 53.6 Å². The maximum Gasteiger partial charge on any atom is 0.335 e. The molecule has 6 heteroatoms. The molecule has 2 aromatic rings. The van der Waals surface area contributed by atoms with Gasteiger partial charge in [-0.25, -0.2) is 18.6 Å². The highest BCUT2D eigenvalue weighted by Gasteiger charge is 2.32. The number of carbonyl (C=O) groups excluding carboxylic acids is 1. The van der Waals surface area contributed by atoms with Gasteiger partial charge in [-0.1, -0.05) is 30.3 Å². The number of hydrogen-bond donors (Lipinski definition) is 1. The molecular formula is C16H13F2N3O. The summed E-state index contributed by atoms with van der Waals surface area (Å²) < 4.78 is 27.2. The molecule has 112 valence electrons. The Kier molecular flexibility index (Phi) is 3.58. The van der Waals surface area contributed by atoms with Crippen LogP contribution in [0.2, 0.25) is 0 Å². The largest absolute Gasteiger partial charge is 0.350 e. The van der Waals surface area contributed by atoms with E-state index < -0.39 is 23.7 Å². The number of nitrogens with two attached hydrogens (primary N) is 1. The average Bonchev–Trinajstić information content (AvgIpc) is 2.96. The van der Waals surface area contributed by atoms with Crippen molar-refractivity contribution in [1.82, 2.24) is 5.01 Å². The maximum absolute atomic E-state index is 13.9. The lowest BCUT2D eigenvalue weighted by Crippen LogP contribution is -2.31. The molecule has 0 radical (unpaired) electrons. The van der Waals surface area contributed by atoms with Gasteiger partial charge in [-0.2, -0.15) is 5.10 Å². The van der Waals surface area contributed by atoms with Crippen LogP contribution in [0.3, 0.4) is 0 Å². The Morgan fingerprint density at radius 1 is 1.18 bits per heavy atom. The molecule has 1 aliphatic rings. The average molecular weight is 301 g/mol. The molecule has 2 N–H and O–H groups in total. The van der Waals surface area contributed by atoms with Gasteiger partial charge in [0, 0.05) is 12.0 Å². The number of urea groups is 1. The van der Waals surface area contributed by atoms with E-state index in [1.807, 2.05) is 30.3 Å². The normalized spacial score (nSPS) is 17.5. The minimum atomic E-state index is -0.735. The van der Waals surface area contributed by atoms with Crippen LogP contribution in [0.25, 0.3) is 0 Å². The third-order valence-corrected chi connectivity index (χ3v) is 3.56. The molecule has 22 heavy (non-hydrogen) atoms. The van der Waals surface area contributed by atoms with Gasteiger partial charge < -0.3 is 5.73 Å². The molecule has 0 saturated heterocycles. The lowest BCUT2D eigenvalue weighted by Gasteiger charge is -2.19. The highest BCUT2D eigenvalue weighted by molar-refractivity contribution is 6.03. The number of carbonyl (C=O) groups is 1. The Hall–Kier alpha value is -2.76. The van der Waals surface area contributed by atoms with Gasteiger partial charge >= 0.3 is 6.03 Å². The Bertz CT molecular complexity index is 746. The number of rotatable bonds is 2. The van der Waals surface area contributed by atoms with Gasteiger partial charge in [0.1, 0.15) is 11.6 Å². The van der Waals surface area contributed by atoms with E-state index in [1.165, 1.54) is 0 Å². The smallest absolute Gasteiger partial charge is 0.335 e. The van der Waals surface area contributed by atoms with Crippen LogP contribution in [0.5, 0.6) is 0 Å². The number of amides is 2. The highest BCUT2D eigenvalue weighted by Crippen LogP contribution is 2.32. The first-order valence-corrected chi connectivity index (χ1v) is 6.73. The second kappa shape index (κ2) is 5.55. The van der Waals surface area contributed by atoms with Crippen LogP contribution in [0, 0.1) is 11.6 Å². The second-order valence-corrected chi connectivity index (χ2v) is 4.98. The molecule has 1 unspecified atom stereocenters. The Morgan fingerprint density at radius 3 is 2.59 bits per heavy atom. The summed E-state index contributed by atoms with van der Waals surface area (Å²) in [6, 6.07) is 11.2. The molecule has 0 spiro atoms. The molecule has 2 aromatic carbocycles. The topological polar surface area (TPSA) is 58.7 Å². The fraction of sp³-hybridized carbons (Fsp3) is 0.125. The first kappa shape index (κ1) is 14.2. The maximum atomic E-state index is 13.9. The van der Waals surface area contributed by atoms with Crippen molar-refractivity contribution in [1.29, 1.82) is 0 Å². The molecule has 4 nitrogen and oxygen atoms in total. The molecule has 0 aliphatic carbocycles. The summed E-state index contributed by atoms with van der Waals surface area (Å²) in [6.07, 6.45) is 0.271. The molecule has 1 atom stereocenters. The van der Waals surface area contributed by atoms with Crippen LogP contribution in [-0.4, -0.2) is 16.8 Å². The number of benzene rings is 2. The highest BCUT2D eigenvalue weighted by atomic mass is 19.1. The van der Waals surface area contributed by atoms with Crippen molar-refractivity contribution in [2.75, 3.05) is 0 Å². The lowest BCUT2D eigenvalue weighted by atomic mass is 9.98. The van der Waals surface area contributed by atoms with Gasteiger partial charge in [0.15, 0.2) is 0 Å². The number of hydrogen-bond acceptors (Lipinski definition) is 2. The third-order valence-electron chi connectivity index (χ3n) is 3.56. The molecule has 0 aromatic heterocycles. The zero-order valence-electron chi connectivity index (χ0n) is 11.5. The first-order chi connectivity index (χ1) is 10.6. The minimum Gasteiger partial charge on any atom is -0.350 e. The zero-order chi connectivity index (χ0) is 15.7. The van der Waals surface area contributed by atoms with Crippen molar-refractivity contribution >= 4 is 11.7 Å². The van der Waals surface area contributed by atoms with Gasteiger partial charge in [-0.05, 0) is 23.8 Å². The van der Waals surface area contributed by atoms with Crippen LogP contribution in [-0.2, 0) is 0 Å². The summed E-state index contributed by atoms with van der Waals surface area (Å²) in [6.45, 7) is 0. The SMILES string of the molecule is NC(=O)N1N=C(c2cc(F)ccc2F)CC1c1ccccc1. The van der Waals surface area contributed by atoms with Crippen LogP contribution >= 0.6 is 0 Å². The summed E-state index contributed by atoms with van der Waals surface area (Å²) in [5, 5.41) is 5.19.